The first-order valence-electron chi connectivity index (χ1n) is 8.31. The summed E-state index contributed by atoms with van der Waals surface area (Å²) in [6.45, 7) is 1.08. The molecule has 3 nitrogen and oxygen atoms in total. The van der Waals surface area contributed by atoms with Gasteiger partial charge in [-0.05, 0) is 36.6 Å². The molecule has 0 spiro atoms. The molecule has 134 valence electrons. The molecule has 1 heterocycles. The fraction of sp³-hybridized carbons (Fsp3) is 0.368. The highest BCUT2D eigenvalue weighted by Gasteiger charge is 2.41. The van der Waals surface area contributed by atoms with Gasteiger partial charge in [-0.1, -0.05) is 30.3 Å². The molecule has 0 unspecified atom stereocenters. The zero-order valence-electron chi connectivity index (χ0n) is 13.8. The molecule has 2 aromatic rings. The van der Waals surface area contributed by atoms with Gasteiger partial charge in [-0.3, -0.25) is 0 Å². The van der Waals surface area contributed by atoms with Crippen LogP contribution < -0.4 is 15.4 Å². The summed E-state index contributed by atoms with van der Waals surface area (Å²) in [6, 6.07) is 15.0. The lowest BCUT2D eigenvalue weighted by Crippen LogP contribution is -2.39. The highest BCUT2D eigenvalue weighted by atomic mass is 19.4. The number of rotatable bonds is 4. The number of alkyl halides is 3. The van der Waals surface area contributed by atoms with Crippen LogP contribution in [0.15, 0.2) is 48.5 Å². The first-order chi connectivity index (χ1) is 11.9. The van der Waals surface area contributed by atoms with E-state index in [1.165, 1.54) is 0 Å². The molecule has 6 heteroatoms. The van der Waals surface area contributed by atoms with Crippen LogP contribution in [0.1, 0.15) is 18.4 Å². The zero-order valence-corrected chi connectivity index (χ0v) is 13.8. The number of hydrogen-bond donors (Lipinski definition) is 1. The normalized spacial score (nSPS) is 16.0. The van der Waals surface area contributed by atoms with Crippen LogP contribution in [0.25, 0.3) is 0 Å². The minimum atomic E-state index is -4.12. The minimum absolute atomic E-state index is 0.0937. The number of anilines is 2. The number of nitrogens with zero attached hydrogens (tertiary/aromatic N) is 1. The quantitative estimate of drug-likeness (QED) is 0.818. The molecule has 0 saturated carbocycles. The third kappa shape index (κ3) is 4.38. The third-order valence-corrected chi connectivity index (χ3v) is 4.52. The number of benzene rings is 2. The van der Waals surface area contributed by atoms with E-state index in [2.05, 4.69) is 0 Å². The Hall–Kier alpha value is -2.37. The lowest BCUT2D eigenvalue weighted by atomic mass is 9.96. The van der Waals surface area contributed by atoms with Gasteiger partial charge in [0.05, 0.1) is 11.6 Å². The van der Waals surface area contributed by atoms with Crippen LogP contribution in [0.3, 0.4) is 0 Å². The smallest absolute Gasteiger partial charge is 0.391 e. The molecule has 1 fully saturated rings. The maximum absolute atomic E-state index is 12.9. The number of nitrogen functional groups attached to an aromatic ring is 1. The minimum Gasteiger partial charge on any atom is -0.487 e. The average molecular weight is 350 g/mol. The second-order valence-electron chi connectivity index (χ2n) is 6.30. The molecule has 0 bridgehead atoms. The van der Waals surface area contributed by atoms with Gasteiger partial charge in [-0.25, -0.2) is 0 Å². The number of hydrogen-bond acceptors (Lipinski definition) is 3. The van der Waals surface area contributed by atoms with E-state index in [0.717, 1.165) is 11.3 Å². The summed E-state index contributed by atoms with van der Waals surface area (Å²) < 4.78 is 44.5. The molecule has 0 aliphatic carbocycles. The van der Waals surface area contributed by atoms with E-state index >= 15 is 0 Å². The van der Waals surface area contributed by atoms with Gasteiger partial charge in [0.25, 0.3) is 0 Å². The van der Waals surface area contributed by atoms with Crippen LogP contribution in [-0.2, 0) is 6.61 Å². The summed E-state index contributed by atoms with van der Waals surface area (Å²) in [5.74, 6) is -0.581. The Kier molecular flexibility index (Phi) is 5.06. The van der Waals surface area contributed by atoms with Crippen LogP contribution in [-0.4, -0.2) is 19.3 Å². The van der Waals surface area contributed by atoms with Crippen molar-refractivity contribution in [2.24, 2.45) is 5.92 Å². The fourth-order valence-electron chi connectivity index (χ4n) is 3.09. The molecule has 2 aromatic carbocycles. The Morgan fingerprint density at radius 3 is 2.36 bits per heavy atom. The standard InChI is InChI=1S/C19H21F3N2O/c20-19(21,22)15-8-10-24(11-9-15)17-12-16(23)6-7-18(17)25-13-14-4-2-1-3-5-14/h1-7,12,15H,8-11,13,23H2. The molecule has 0 aromatic heterocycles. The maximum Gasteiger partial charge on any atom is 0.391 e. The van der Waals surface area contributed by atoms with E-state index in [1.807, 2.05) is 35.2 Å². The number of ether oxygens (including phenoxy) is 1. The van der Waals surface area contributed by atoms with Crippen LogP contribution in [0.5, 0.6) is 5.75 Å². The lowest BCUT2D eigenvalue weighted by molar-refractivity contribution is -0.179. The van der Waals surface area contributed by atoms with Crippen molar-refractivity contribution in [1.29, 1.82) is 0 Å². The van der Waals surface area contributed by atoms with E-state index in [0.29, 0.717) is 31.1 Å². The van der Waals surface area contributed by atoms with Crippen molar-refractivity contribution in [3.05, 3.63) is 54.1 Å². The molecule has 25 heavy (non-hydrogen) atoms. The van der Waals surface area contributed by atoms with Crippen molar-refractivity contribution >= 4 is 11.4 Å². The summed E-state index contributed by atoms with van der Waals surface area (Å²) >= 11 is 0. The topological polar surface area (TPSA) is 38.5 Å². The van der Waals surface area contributed by atoms with Crippen molar-refractivity contribution in [3.8, 4) is 5.75 Å². The molecule has 0 atom stereocenters. The second kappa shape index (κ2) is 7.25. The highest BCUT2D eigenvalue weighted by Crippen LogP contribution is 2.38. The third-order valence-electron chi connectivity index (χ3n) is 4.52. The zero-order chi connectivity index (χ0) is 17.9. The number of halogens is 3. The Balaban J connectivity index is 1.72. The van der Waals surface area contributed by atoms with E-state index in [9.17, 15) is 13.2 Å². The molecule has 1 saturated heterocycles. The van der Waals surface area contributed by atoms with Gasteiger partial charge in [0.2, 0.25) is 0 Å². The average Bonchev–Trinajstić information content (AvgIpc) is 2.61. The van der Waals surface area contributed by atoms with Crippen molar-refractivity contribution < 1.29 is 17.9 Å². The van der Waals surface area contributed by atoms with Crippen molar-refractivity contribution in [1.82, 2.24) is 0 Å². The molecular formula is C19H21F3N2O. The first kappa shape index (κ1) is 17.5. The molecule has 3 rings (SSSR count). The van der Waals surface area contributed by atoms with Crippen LogP contribution >= 0.6 is 0 Å². The monoisotopic (exact) mass is 350 g/mol. The Labute approximate surface area is 145 Å². The molecule has 1 aliphatic rings. The largest absolute Gasteiger partial charge is 0.487 e. The van der Waals surface area contributed by atoms with E-state index in [-0.39, 0.29) is 12.8 Å². The summed E-state index contributed by atoms with van der Waals surface area (Å²) in [6.07, 6.45) is -3.93. The number of nitrogens with two attached hydrogens (primary N) is 1. The highest BCUT2D eigenvalue weighted by molar-refractivity contribution is 5.65. The summed E-state index contributed by atoms with van der Waals surface area (Å²) in [7, 11) is 0. The Bertz CT molecular complexity index is 696. The van der Waals surface area contributed by atoms with E-state index in [1.54, 1.807) is 18.2 Å². The summed E-state index contributed by atoms with van der Waals surface area (Å²) in [5, 5.41) is 0. The molecule has 0 radical (unpaired) electrons. The summed E-state index contributed by atoms with van der Waals surface area (Å²) in [5.41, 5.74) is 8.23. The number of piperidine rings is 1. The molecular weight excluding hydrogens is 329 g/mol. The van der Waals surface area contributed by atoms with Gasteiger partial charge in [0.1, 0.15) is 12.4 Å². The first-order valence-corrected chi connectivity index (χ1v) is 8.31. The van der Waals surface area contributed by atoms with Crippen molar-refractivity contribution in [3.63, 3.8) is 0 Å². The van der Waals surface area contributed by atoms with Crippen LogP contribution in [0, 0.1) is 5.92 Å². The van der Waals surface area contributed by atoms with Gasteiger partial charge in [-0.15, -0.1) is 0 Å². The SMILES string of the molecule is Nc1ccc(OCc2ccccc2)c(N2CCC(C(F)(F)F)CC2)c1. The molecule has 0 amide bonds. The molecule has 1 aliphatic heterocycles. The maximum atomic E-state index is 12.9. The van der Waals surface area contributed by atoms with E-state index in [4.69, 9.17) is 10.5 Å². The van der Waals surface area contributed by atoms with E-state index < -0.39 is 12.1 Å². The van der Waals surface area contributed by atoms with Gasteiger partial charge < -0.3 is 15.4 Å². The second-order valence-corrected chi connectivity index (χ2v) is 6.30. The molecule has 2 N–H and O–H groups in total. The van der Waals surface area contributed by atoms with Crippen LogP contribution in [0.2, 0.25) is 0 Å². The lowest BCUT2D eigenvalue weighted by Gasteiger charge is -2.35. The predicted molar refractivity (Wildman–Crippen MR) is 92.6 cm³/mol. The van der Waals surface area contributed by atoms with Crippen molar-refractivity contribution in [2.75, 3.05) is 23.7 Å². The fourth-order valence-corrected chi connectivity index (χ4v) is 3.09. The van der Waals surface area contributed by atoms with Gasteiger partial charge >= 0.3 is 6.18 Å². The summed E-state index contributed by atoms with van der Waals surface area (Å²) in [4.78, 5) is 1.93. The Morgan fingerprint density at radius 2 is 1.72 bits per heavy atom. The van der Waals surface area contributed by atoms with Gasteiger partial charge in [-0.2, -0.15) is 13.2 Å². The van der Waals surface area contributed by atoms with Crippen molar-refractivity contribution in [2.45, 2.75) is 25.6 Å². The van der Waals surface area contributed by atoms with Crippen LogP contribution in [0.4, 0.5) is 24.5 Å². The van der Waals surface area contributed by atoms with Gasteiger partial charge in [0.15, 0.2) is 0 Å². The Morgan fingerprint density at radius 1 is 1.04 bits per heavy atom. The predicted octanol–water partition coefficient (Wildman–Crippen LogP) is 4.63. The van der Waals surface area contributed by atoms with Gasteiger partial charge in [0, 0.05) is 18.8 Å².